The van der Waals surface area contributed by atoms with Gasteiger partial charge in [0, 0.05) is 13.3 Å². The van der Waals surface area contributed by atoms with Crippen LogP contribution >= 0.6 is 0 Å². The van der Waals surface area contributed by atoms with Crippen molar-refractivity contribution in [3.8, 4) is 0 Å². The Morgan fingerprint density at radius 2 is 2.00 bits per heavy atom. The van der Waals surface area contributed by atoms with Gasteiger partial charge in [0.05, 0.1) is 0 Å². The quantitative estimate of drug-likeness (QED) is 0.444. The van der Waals surface area contributed by atoms with Crippen molar-refractivity contribution in [2.24, 2.45) is 5.10 Å². The second-order valence-electron chi connectivity index (χ2n) is 1.74. The predicted molar refractivity (Wildman–Crippen MR) is 32.9 cm³/mol. The van der Waals surface area contributed by atoms with Crippen molar-refractivity contribution >= 4 is 6.72 Å². The Morgan fingerprint density at radius 1 is 1.50 bits per heavy atom. The lowest BCUT2D eigenvalue weighted by Gasteiger charge is -2.17. The molecule has 60 valence electrons. The van der Waals surface area contributed by atoms with E-state index in [1.54, 1.807) is 6.92 Å². The molecule has 0 unspecified atom stereocenters. The molecule has 0 saturated heterocycles. The Bertz CT molecular complexity index is 110. The van der Waals surface area contributed by atoms with E-state index in [4.69, 9.17) is 0 Å². The first-order chi connectivity index (χ1) is 4.49. The third-order valence-corrected chi connectivity index (χ3v) is 0.927. The molecule has 5 heteroatoms. The number of rotatable bonds is 3. The van der Waals surface area contributed by atoms with E-state index in [2.05, 4.69) is 11.8 Å². The molecule has 0 rings (SSSR count). The molecule has 0 aromatic heterocycles. The predicted octanol–water partition coefficient (Wildman–Crippen LogP) is 1.49. The molecule has 0 radical (unpaired) electrons. The maximum Gasteiger partial charge on any atom is 0.407 e. The molecule has 0 fully saturated rings. The summed E-state index contributed by atoms with van der Waals surface area (Å²) < 4.78 is 34.7. The second kappa shape index (κ2) is 3.43. The molecule has 0 saturated carbocycles. The number of nitrogens with zero attached hydrogens (tertiary/aromatic N) is 2. The molecule has 0 heterocycles. The van der Waals surface area contributed by atoms with Crippen LogP contribution in [0.1, 0.15) is 6.92 Å². The van der Waals surface area contributed by atoms with Crippen molar-refractivity contribution in [3.63, 3.8) is 0 Å². The van der Waals surface area contributed by atoms with Crippen molar-refractivity contribution in [1.82, 2.24) is 5.01 Å². The molecule has 0 atom stereocenters. The number of halogens is 3. The topological polar surface area (TPSA) is 15.6 Å². The van der Waals surface area contributed by atoms with Gasteiger partial charge in [0.2, 0.25) is 0 Å². The standard InChI is InChI=1S/C5H9F3N2/c1-3-10(9-2)4-5(6,7)8/h2-4H2,1H3. The first-order valence-corrected chi connectivity index (χ1v) is 2.78. The third-order valence-electron chi connectivity index (χ3n) is 0.927. The molecular formula is C5H9F3N2. The van der Waals surface area contributed by atoms with Gasteiger partial charge in [-0.3, -0.25) is 5.01 Å². The summed E-state index contributed by atoms with van der Waals surface area (Å²) in [6.07, 6.45) is -4.18. The van der Waals surface area contributed by atoms with Crippen LogP contribution in [0, 0.1) is 0 Å². The minimum atomic E-state index is -4.18. The number of hydrogen-bond donors (Lipinski definition) is 0. The minimum Gasteiger partial charge on any atom is -0.289 e. The normalized spacial score (nSPS) is 11.2. The van der Waals surface area contributed by atoms with E-state index >= 15 is 0 Å². The van der Waals surface area contributed by atoms with Gasteiger partial charge in [-0.2, -0.15) is 18.3 Å². The van der Waals surface area contributed by atoms with Crippen LogP contribution < -0.4 is 0 Å². The van der Waals surface area contributed by atoms with Crippen LogP contribution in [-0.4, -0.2) is 31.0 Å². The number of hydrazone groups is 1. The summed E-state index contributed by atoms with van der Waals surface area (Å²) in [5, 5.41) is 4.00. The van der Waals surface area contributed by atoms with Gasteiger partial charge < -0.3 is 0 Å². The average molecular weight is 154 g/mol. The van der Waals surface area contributed by atoms with Crippen LogP contribution in [0.3, 0.4) is 0 Å². The third kappa shape index (κ3) is 4.17. The van der Waals surface area contributed by atoms with E-state index in [-0.39, 0.29) is 6.54 Å². The van der Waals surface area contributed by atoms with Crippen LogP contribution in [0.25, 0.3) is 0 Å². The summed E-state index contributed by atoms with van der Waals surface area (Å²) in [4.78, 5) is 0. The molecule has 0 aliphatic rings. The van der Waals surface area contributed by atoms with E-state index in [9.17, 15) is 13.2 Å². The summed E-state index contributed by atoms with van der Waals surface area (Å²) in [7, 11) is 0. The zero-order chi connectivity index (χ0) is 8.20. The fourth-order valence-electron chi connectivity index (χ4n) is 0.469. The second-order valence-corrected chi connectivity index (χ2v) is 1.74. The molecule has 0 aliphatic heterocycles. The molecule has 0 spiro atoms. The van der Waals surface area contributed by atoms with E-state index in [1.165, 1.54) is 0 Å². The van der Waals surface area contributed by atoms with E-state index < -0.39 is 12.7 Å². The van der Waals surface area contributed by atoms with Crippen molar-refractivity contribution in [1.29, 1.82) is 0 Å². The Balaban J connectivity index is 3.74. The molecule has 0 aliphatic carbocycles. The lowest BCUT2D eigenvalue weighted by atomic mass is 10.6. The Kier molecular flexibility index (Phi) is 3.18. The van der Waals surface area contributed by atoms with Crippen molar-refractivity contribution in [2.45, 2.75) is 13.1 Å². The molecule has 0 N–H and O–H groups in total. The molecule has 0 aromatic carbocycles. The van der Waals surface area contributed by atoms with Crippen LogP contribution in [-0.2, 0) is 0 Å². The Morgan fingerprint density at radius 3 is 2.10 bits per heavy atom. The summed E-state index contributed by atoms with van der Waals surface area (Å²) in [6.45, 7) is 3.78. The van der Waals surface area contributed by atoms with Crippen LogP contribution in [0.5, 0.6) is 0 Å². The smallest absolute Gasteiger partial charge is 0.289 e. The van der Waals surface area contributed by atoms with E-state index in [0.717, 1.165) is 5.01 Å². The van der Waals surface area contributed by atoms with Crippen molar-refractivity contribution in [2.75, 3.05) is 13.1 Å². The fraction of sp³-hybridized carbons (Fsp3) is 0.800. The lowest BCUT2D eigenvalue weighted by Crippen LogP contribution is -2.29. The minimum absolute atomic E-state index is 0.225. The fourth-order valence-corrected chi connectivity index (χ4v) is 0.469. The largest absolute Gasteiger partial charge is 0.407 e. The molecule has 10 heavy (non-hydrogen) atoms. The Labute approximate surface area is 57.3 Å². The summed E-state index contributed by atoms with van der Waals surface area (Å²) in [5.41, 5.74) is 0. The number of hydrogen-bond acceptors (Lipinski definition) is 2. The highest BCUT2D eigenvalue weighted by atomic mass is 19.4. The van der Waals surface area contributed by atoms with Gasteiger partial charge in [0.25, 0.3) is 0 Å². The summed E-state index contributed by atoms with van der Waals surface area (Å²) in [5.74, 6) is 0. The van der Waals surface area contributed by atoms with Gasteiger partial charge in [0.1, 0.15) is 6.54 Å². The molecule has 0 amide bonds. The molecule has 0 bridgehead atoms. The van der Waals surface area contributed by atoms with E-state index in [0.29, 0.717) is 0 Å². The van der Waals surface area contributed by atoms with Crippen LogP contribution in [0.2, 0.25) is 0 Å². The maximum atomic E-state index is 11.6. The first-order valence-electron chi connectivity index (χ1n) is 2.78. The van der Waals surface area contributed by atoms with E-state index in [1.807, 2.05) is 0 Å². The highest BCUT2D eigenvalue weighted by Crippen LogP contribution is 2.15. The summed E-state index contributed by atoms with van der Waals surface area (Å²) in [6, 6.07) is 0. The number of alkyl halides is 3. The van der Waals surface area contributed by atoms with Crippen molar-refractivity contribution < 1.29 is 13.2 Å². The van der Waals surface area contributed by atoms with Gasteiger partial charge in [-0.05, 0) is 6.92 Å². The molecule has 2 nitrogen and oxygen atoms in total. The van der Waals surface area contributed by atoms with Gasteiger partial charge in [-0.1, -0.05) is 0 Å². The zero-order valence-electron chi connectivity index (χ0n) is 5.65. The zero-order valence-corrected chi connectivity index (χ0v) is 5.65. The van der Waals surface area contributed by atoms with Gasteiger partial charge in [-0.25, -0.2) is 0 Å². The van der Waals surface area contributed by atoms with Gasteiger partial charge >= 0.3 is 6.18 Å². The highest BCUT2D eigenvalue weighted by molar-refractivity contribution is 5.22. The highest BCUT2D eigenvalue weighted by Gasteiger charge is 2.29. The van der Waals surface area contributed by atoms with Crippen LogP contribution in [0.15, 0.2) is 5.10 Å². The lowest BCUT2D eigenvalue weighted by molar-refractivity contribution is -0.145. The van der Waals surface area contributed by atoms with Crippen molar-refractivity contribution in [3.05, 3.63) is 0 Å². The molecule has 0 aromatic rings. The van der Waals surface area contributed by atoms with Crippen LogP contribution in [0.4, 0.5) is 13.2 Å². The Hall–Kier alpha value is -0.740. The SMILES string of the molecule is C=NN(CC)CC(F)(F)F. The molecular weight excluding hydrogens is 145 g/mol. The monoisotopic (exact) mass is 154 g/mol. The average Bonchev–Trinajstić information content (AvgIpc) is 1.81. The first kappa shape index (κ1) is 9.26. The van der Waals surface area contributed by atoms with Gasteiger partial charge in [-0.15, -0.1) is 0 Å². The van der Waals surface area contributed by atoms with Gasteiger partial charge in [0.15, 0.2) is 0 Å². The summed E-state index contributed by atoms with van der Waals surface area (Å²) >= 11 is 0. The maximum absolute atomic E-state index is 11.6.